The van der Waals surface area contributed by atoms with Gasteiger partial charge in [-0.05, 0) is 37.5 Å². The molecule has 0 amide bonds. The molecule has 0 unspecified atom stereocenters. The Kier molecular flexibility index (Phi) is 4.59. The van der Waals surface area contributed by atoms with Gasteiger partial charge >= 0.3 is 0 Å². The number of fused-ring (bicyclic) bond motifs is 1. The second-order valence-corrected chi connectivity index (χ2v) is 6.95. The van der Waals surface area contributed by atoms with Crippen LogP contribution in [-0.2, 0) is 6.54 Å². The van der Waals surface area contributed by atoms with Crippen LogP contribution in [-0.4, -0.2) is 19.5 Å². The lowest BCUT2D eigenvalue weighted by Crippen LogP contribution is -2.06. The smallest absolute Gasteiger partial charge is 0.165 e. The Morgan fingerprint density at radius 3 is 2.33 bits per heavy atom. The highest BCUT2D eigenvalue weighted by Crippen LogP contribution is 2.23. The van der Waals surface area contributed by atoms with Crippen molar-refractivity contribution >= 4 is 17.0 Å². The van der Waals surface area contributed by atoms with Crippen molar-refractivity contribution in [2.75, 3.05) is 5.32 Å². The summed E-state index contributed by atoms with van der Waals surface area (Å²) in [6, 6.07) is 19.3. The van der Waals surface area contributed by atoms with Crippen LogP contribution in [0.15, 0.2) is 60.9 Å². The van der Waals surface area contributed by atoms with Gasteiger partial charge in [0.15, 0.2) is 11.5 Å². The van der Waals surface area contributed by atoms with Gasteiger partial charge in [0, 0.05) is 12.6 Å². The molecule has 0 saturated heterocycles. The standard InChI is InChI=1S/C22H23N5/c1-15(2)27-14-24-20-21(25-16(3)26-22(20)27)23-13-17-9-11-19(12-10-17)18-7-5-4-6-8-18/h4-12,14-15H,13H2,1-3H3,(H,23,25,26). The molecule has 0 aliphatic heterocycles. The molecule has 0 spiro atoms. The lowest BCUT2D eigenvalue weighted by molar-refractivity contribution is 0.612. The minimum absolute atomic E-state index is 0.308. The highest BCUT2D eigenvalue weighted by atomic mass is 15.2. The number of rotatable bonds is 5. The molecule has 136 valence electrons. The van der Waals surface area contributed by atoms with Crippen LogP contribution >= 0.6 is 0 Å². The first kappa shape index (κ1) is 17.2. The number of nitrogens with one attached hydrogen (secondary N) is 1. The van der Waals surface area contributed by atoms with E-state index in [1.165, 1.54) is 16.7 Å². The van der Waals surface area contributed by atoms with Gasteiger partial charge in [-0.2, -0.15) is 0 Å². The lowest BCUT2D eigenvalue weighted by Gasteiger charge is -2.10. The maximum atomic E-state index is 4.57. The summed E-state index contributed by atoms with van der Waals surface area (Å²) in [5.74, 6) is 1.52. The van der Waals surface area contributed by atoms with Gasteiger partial charge in [-0.3, -0.25) is 0 Å². The van der Waals surface area contributed by atoms with E-state index < -0.39 is 0 Å². The zero-order valence-electron chi connectivity index (χ0n) is 15.8. The normalized spacial score (nSPS) is 11.3. The molecular weight excluding hydrogens is 334 g/mol. The van der Waals surface area contributed by atoms with E-state index in [4.69, 9.17) is 0 Å². The Hall–Kier alpha value is -3.21. The second kappa shape index (κ2) is 7.19. The van der Waals surface area contributed by atoms with E-state index in [1.54, 1.807) is 0 Å². The first-order chi connectivity index (χ1) is 13.1. The van der Waals surface area contributed by atoms with Gasteiger partial charge in [0.2, 0.25) is 0 Å². The highest BCUT2D eigenvalue weighted by Gasteiger charge is 2.13. The Labute approximate surface area is 159 Å². The molecule has 4 rings (SSSR count). The molecule has 0 saturated carbocycles. The number of benzene rings is 2. The van der Waals surface area contributed by atoms with Crippen molar-refractivity contribution in [1.82, 2.24) is 19.5 Å². The minimum atomic E-state index is 0.308. The molecule has 2 aromatic heterocycles. The molecule has 2 aromatic carbocycles. The quantitative estimate of drug-likeness (QED) is 0.546. The van der Waals surface area contributed by atoms with Crippen LogP contribution in [0.4, 0.5) is 5.82 Å². The molecule has 0 bridgehead atoms. The van der Waals surface area contributed by atoms with Crippen LogP contribution < -0.4 is 5.32 Å². The predicted molar refractivity (Wildman–Crippen MR) is 110 cm³/mol. The number of aryl methyl sites for hydroxylation is 1. The van der Waals surface area contributed by atoms with Crippen LogP contribution in [0.1, 0.15) is 31.3 Å². The van der Waals surface area contributed by atoms with Gasteiger partial charge in [0.1, 0.15) is 11.3 Å². The first-order valence-electron chi connectivity index (χ1n) is 9.21. The van der Waals surface area contributed by atoms with Crippen molar-refractivity contribution in [3.63, 3.8) is 0 Å². The van der Waals surface area contributed by atoms with Gasteiger partial charge in [-0.1, -0.05) is 54.6 Å². The van der Waals surface area contributed by atoms with Crippen molar-refractivity contribution in [1.29, 1.82) is 0 Å². The zero-order chi connectivity index (χ0) is 18.8. The first-order valence-corrected chi connectivity index (χ1v) is 9.21. The maximum Gasteiger partial charge on any atom is 0.165 e. The van der Waals surface area contributed by atoms with Crippen LogP contribution in [0.2, 0.25) is 0 Å². The Balaban J connectivity index is 1.55. The number of imidazole rings is 1. The molecule has 2 heterocycles. The SMILES string of the molecule is Cc1nc(NCc2ccc(-c3ccccc3)cc2)c2ncn(C(C)C)c2n1. The fourth-order valence-corrected chi connectivity index (χ4v) is 3.16. The second-order valence-electron chi connectivity index (χ2n) is 6.95. The summed E-state index contributed by atoms with van der Waals surface area (Å²) < 4.78 is 2.07. The molecule has 0 atom stereocenters. The third kappa shape index (κ3) is 3.53. The molecule has 4 aromatic rings. The topological polar surface area (TPSA) is 55.6 Å². The van der Waals surface area contributed by atoms with Crippen LogP contribution in [0, 0.1) is 6.92 Å². The molecule has 0 radical (unpaired) electrons. The summed E-state index contributed by atoms with van der Waals surface area (Å²) in [5.41, 5.74) is 5.33. The van der Waals surface area contributed by atoms with Gasteiger partial charge in [-0.15, -0.1) is 0 Å². The summed E-state index contributed by atoms with van der Waals surface area (Å²) >= 11 is 0. The van der Waals surface area contributed by atoms with Crippen molar-refractivity contribution in [3.8, 4) is 11.1 Å². The number of hydrogen-bond acceptors (Lipinski definition) is 4. The summed E-state index contributed by atoms with van der Waals surface area (Å²) in [5, 5.41) is 3.43. The van der Waals surface area contributed by atoms with E-state index in [-0.39, 0.29) is 0 Å². The molecular formula is C22H23N5. The van der Waals surface area contributed by atoms with E-state index in [0.717, 1.165) is 22.8 Å². The molecule has 0 aliphatic carbocycles. The average Bonchev–Trinajstić information content (AvgIpc) is 3.11. The van der Waals surface area contributed by atoms with E-state index >= 15 is 0 Å². The Morgan fingerprint density at radius 2 is 1.63 bits per heavy atom. The van der Waals surface area contributed by atoms with Crippen molar-refractivity contribution in [3.05, 3.63) is 72.3 Å². The van der Waals surface area contributed by atoms with Crippen molar-refractivity contribution < 1.29 is 0 Å². The third-order valence-electron chi connectivity index (χ3n) is 4.61. The minimum Gasteiger partial charge on any atom is -0.364 e. The summed E-state index contributed by atoms with van der Waals surface area (Å²) in [6.45, 7) is 6.85. The fraction of sp³-hybridized carbons (Fsp3) is 0.227. The van der Waals surface area contributed by atoms with E-state index in [9.17, 15) is 0 Å². The third-order valence-corrected chi connectivity index (χ3v) is 4.61. The Bertz CT molecular complexity index is 1050. The molecule has 5 nitrogen and oxygen atoms in total. The number of hydrogen-bond donors (Lipinski definition) is 1. The van der Waals surface area contributed by atoms with Crippen LogP contribution in [0.25, 0.3) is 22.3 Å². The number of anilines is 1. The van der Waals surface area contributed by atoms with Gasteiger partial charge in [-0.25, -0.2) is 15.0 Å². The zero-order valence-corrected chi connectivity index (χ0v) is 15.8. The number of nitrogens with zero attached hydrogens (tertiary/aromatic N) is 4. The molecule has 0 fully saturated rings. The van der Waals surface area contributed by atoms with Crippen LogP contribution in [0.3, 0.4) is 0 Å². The summed E-state index contributed by atoms with van der Waals surface area (Å²) in [7, 11) is 0. The summed E-state index contributed by atoms with van der Waals surface area (Å²) in [4.78, 5) is 13.6. The Morgan fingerprint density at radius 1 is 0.926 bits per heavy atom. The molecule has 5 heteroatoms. The van der Waals surface area contributed by atoms with E-state index in [0.29, 0.717) is 12.6 Å². The van der Waals surface area contributed by atoms with E-state index in [2.05, 4.69) is 87.2 Å². The number of aromatic nitrogens is 4. The molecule has 27 heavy (non-hydrogen) atoms. The van der Waals surface area contributed by atoms with Gasteiger partial charge < -0.3 is 9.88 Å². The van der Waals surface area contributed by atoms with Crippen molar-refractivity contribution in [2.24, 2.45) is 0 Å². The van der Waals surface area contributed by atoms with Gasteiger partial charge in [0.05, 0.1) is 6.33 Å². The van der Waals surface area contributed by atoms with Crippen LogP contribution in [0.5, 0.6) is 0 Å². The monoisotopic (exact) mass is 357 g/mol. The van der Waals surface area contributed by atoms with Gasteiger partial charge in [0.25, 0.3) is 0 Å². The predicted octanol–water partition coefficient (Wildman–Crippen LogP) is 4.99. The molecule has 1 N–H and O–H groups in total. The maximum absolute atomic E-state index is 4.57. The van der Waals surface area contributed by atoms with Crippen molar-refractivity contribution in [2.45, 2.75) is 33.4 Å². The lowest BCUT2D eigenvalue weighted by atomic mass is 10.0. The molecule has 0 aliphatic rings. The fourth-order valence-electron chi connectivity index (χ4n) is 3.16. The summed E-state index contributed by atoms with van der Waals surface area (Å²) in [6.07, 6.45) is 1.84. The largest absolute Gasteiger partial charge is 0.364 e. The average molecular weight is 357 g/mol. The highest BCUT2D eigenvalue weighted by molar-refractivity contribution is 5.83. The van der Waals surface area contributed by atoms with E-state index in [1.807, 2.05) is 19.3 Å².